The number of benzene rings is 2. The second-order valence-corrected chi connectivity index (χ2v) is 11.2. The standard InChI is InChI=1S/C28H32F10O2/c1-16(8-17(2)39)13-25(28(36,37)38,15-24(3,4)22-12-21(29)6-7-23(22)40-5)14-18-9-19(26(30,31)32)11-20(10-18)27(33,34)35/h6-7,9-12,16-17,39H,8,13-15H2,1-5H3. The van der Waals surface area contributed by atoms with Crippen molar-refractivity contribution in [2.75, 3.05) is 7.11 Å². The Kier molecular flexibility index (Phi) is 9.92. The van der Waals surface area contributed by atoms with Gasteiger partial charge in [-0.2, -0.15) is 39.5 Å². The lowest BCUT2D eigenvalue weighted by atomic mass is 9.63. The van der Waals surface area contributed by atoms with Crippen molar-refractivity contribution in [3.63, 3.8) is 0 Å². The number of halogens is 10. The molecule has 0 saturated carbocycles. The van der Waals surface area contributed by atoms with Crippen LogP contribution in [0, 0.1) is 17.2 Å². The second kappa shape index (κ2) is 11.8. The maximum atomic E-state index is 15.1. The fourth-order valence-corrected chi connectivity index (χ4v) is 5.52. The summed E-state index contributed by atoms with van der Waals surface area (Å²) in [6.45, 7) is 5.51. The third-order valence-corrected chi connectivity index (χ3v) is 6.94. The minimum Gasteiger partial charge on any atom is -0.496 e. The molecule has 0 fully saturated rings. The molecule has 2 nitrogen and oxygen atoms in total. The fraction of sp³-hybridized carbons (Fsp3) is 0.571. The Morgan fingerprint density at radius 1 is 0.825 bits per heavy atom. The van der Waals surface area contributed by atoms with Gasteiger partial charge in [-0.3, -0.25) is 0 Å². The van der Waals surface area contributed by atoms with E-state index in [9.17, 15) is 35.8 Å². The Balaban J connectivity index is 2.81. The highest BCUT2D eigenvalue weighted by Gasteiger charge is 2.57. The molecular formula is C28H32F10O2. The molecule has 0 amide bonds. The van der Waals surface area contributed by atoms with Gasteiger partial charge in [-0.15, -0.1) is 0 Å². The molecule has 0 aliphatic heterocycles. The number of methoxy groups -OCH3 is 1. The van der Waals surface area contributed by atoms with Crippen molar-refractivity contribution >= 4 is 0 Å². The lowest BCUT2D eigenvalue weighted by molar-refractivity contribution is -0.237. The quantitative estimate of drug-likeness (QED) is 0.280. The molecular weight excluding hydrogens is 558 g/mol. The van der Waals surface area contributed by atoms with Crippen LogP contribution in [0.4, 0.5) is 43.9 Å². The average molecular weight is 591 g/mol. The largest absolute Gasteiger partial charge is 0.496 e. The molecule has 3 atom stereocenters. The molecule has 2 aromatic carbocycles. The summed E-state index contributed by atoms with van der Waals surface area (Å²) >= 11 is 0. The molecule has 3 unspecified atom stereocenters. The molecule has 2 aromatic rings. The number of aliphatic hydroxyl groups excluding tert-OH is 1. The zero-order valence-corrected chi connectivity index (χ0v) is 22.6. The number of ether oxygens (including phenoxy) is 1. The number of hydrogen-bond acceptors (Lipinski definition) is 2. The van der Waals surface area contributed by atoms with Crippen molar-refractivity contribution < 1.29 is 53.7 Å². The van der Waals surface area contributed by atoms with Crippen LogP contribution in [0.2, 0.25) is 0 Å². The molecule has 226 valence electrons. The molecule has 0 radical (unpaired) electrons. The van der Waals surface area contributed by atoms with Crippen molar-refractivity contribution in [2.45, 2.75) is 83.4 Å². The summed E-state index contributed by atoms with van der Waals surface area (Å²) in [7, 11) is 1.23. The van der Waals surface area contributed by atoms with Crippen LogP contribution in [0.1, 0.15) is 69.2 Å². The van der Waals surface area contributed by atoms with Gasteiger partial charge in [0.25, 0.3) is 0 Å². The lowest BCUT2D eigenvalue weighted by Gasteiger charge is -2.44. The van der Waals surface area contributed by atoms with Gasteiger partial charge < -0.3 is 9.84 Å². The summed E-state index contributed by atoms with van der Waals surface area (Å²) in [5, 5.41) is 9.78. The first-order valence-electron chi connectivity index (χ1n) is 12.4. The van der Waals surface area contributed by atoms with Crippen LogP contribution in [0.15, 0.2) is 36.4 Å². The average Bonchev–Trinajstić information content (AvgIpc) is 2.76. The SMILES string of the molecule is COc1ccc(F)cc1C(C)(C)CC(Cc1cc(C(F)(F)F)cc(C(F)(F)F)c1)(CC(C)CC(C)O)C(F)(F)F. The van der Waals surface area contributed by atoms with Crippen LogP contribution in [0.25, 0.3) is 0 Å². The van der Waals surface area contributed by atoms with Gasteiger partial charge in [-0.05, 0) is 85.9 Å². The van der Waals surface area contributed by atoms with Crippen LogP contribution in [-0.2, 0) is 24.2 Å². The summed E-state index contributed by atoms with van der Waals surface area (Å²) < 4.78 is 146. The predicted molar refractivity (Wildman–Crippen MR) is 129 cm³/mol. The highest BCUT2D eigenvalue weighted by Crippen LogP contribution is 2.54. The van der Waals surface area contributed by atoms with Gasteiger partial charge in [-0.1, -0.05) is 20.8 Å². The van der Waals surface area contributed by atoms with Crippen molar-refractivity contribution in [1.82, 2.24) is 0 Å². The van der Waals surface area contributed by atoms with E-state index in [1.54, 1.807) is 0 Å². The van der Waals surface area contributed by atoms with Crippen LogP contribution in [0.3, 0.4) is 0 Å². The van der Waals surface area contributed by atoms with E-state index in [0.717, 1.165) is 12.1 Å². The molecule has 0 bridgehead atoms. The Morgan fingerprint density at radius 3 is 1.77 bits per heavy atom. The Bertz CT molecular complexity index is 1120. The Labute approximate surface area is 226 Å². The monoisotopic (exact) mass is 590 g/mol. The smallest absolute Gasteiger partial charge is 0.416 e. The van der Waals surface area contributed by atoms with Gasteiger partial charge in [0.05, 0.1) is 29.8 Å². The highest BCUT2D eigenvalue weighted by atomic mass is 19.4. The van der Waals surface area contributed by atoms with E-state index >= 15 is 13.2 Å². The van der Waals surface area contributed by atoms with Gasteiger partial charge in [0.15, 0.2) is 0 Å². The fourth-order valence-electron chi connectivity index (χ4n) is 5.52. The van der Waals surface area contributed by atoms with Gasteiger partial charge in [0, 0.05) is 5.56 Å². The maximum Gasteiger partial charge on any atom is 0.416 e. The first kappa shape index (κ1) is 33.7. The number of rotatable bonds is 10. The third-order valence-electron chi connectivity index (χ3n) is 6.94. The summed E-state index contributed by atoms with van der Waals surface area (Å²) in [5.74, 6) is -1.53. The molecule has 0 aromatic heterocycles. The van der Waals surface area contributed by atoms with E-state index < -0.39 is 83.2 Å². The normalized spacial score (nSPS) is 16.4. The van der Waals surface area contributed by atoms with Crippen molar-refractivity contribution in [3.8, 4) is 5.75 Å². The molecule has 1 N–H and O–H groups in total. The lowest BCUT2D eigenvalue weighted by Crippen LogP contribution is -2.46. The van der Waals surface area contributed by atoms with E-state index in [2.05, 4.69) is 0 Å². The van der Waals surface area contributed by atoms with Crippen molar-refractivity contribution in [2.24, 2.45) is 11.3 Å². The van der Waals surface area contributed by atoms with Gasteiger partial charge in [0.1, 0.15) is 11.6 Å². The predicted octanol–water partition coefficient (Wildman–Crippen LogP) is 9.13. The zero-order chi connectivity index (χ0) is 30.9. The van der Waals surface area contributed by atoms with Crippen LogP contribution >= 0.6 is 0 Å². The molecule has 40 heavy (non-hydrogen) atoms. The van der Waals surface area contributed by atoms with E-state index in [-0.39, 0.29) is 23.8 Å². The Hall–Kier alpha value is -2.50. The van der Waals surface area contributed by atoms with Crippen molar-refractivity contribution in [3.05, 3.63) is 64.5 Å². The van der Waals surface area contributed by atoms with Crippen molar-refractivity contribution in [1.29, 1.82) is 0 Å². The number of hydrogen-bond donors (Lipinski definition) is 1. The second-order valence-electron chi connectivity index (χ2n) is 11.2. The van der Waals surface area contributed by atoms with Crippen LogP contribution in [-0.4, -0.2) is 24.5 Å². The molecule has 0 aliphatic rings. The van der Waals surface area contributed by atoms with Gasteiger partial charge >= 0.3 is 18.5 Å². The molecule has 12 heteroatoms. The van der Waals surface area contributed by atoms with Crippen LogP contribution in [0.5, 0.6) is 5.75 Å². The number of alkyl halides is 9. The first-order chi connectivity index (χ1) is 18.0. The molecule has 0 saturated heterocycles. The maximum absolute atomic E-state index is 15.1. The minimum absolute atomic E-state index is 0.0480. The minimum atomic E-state index is -5.25. The van der Waals surface area contributed by atoms with E-state index in [4.69, 9.17) is 4.74 Å². The molecule has 0 aliphatic carbocycles. The van der Waals surface area contributed by atoms with E-state index in [1.807, 2.05) is 0 Å². The summed E-state index contributed by atoms with van der Waals surface area (Å²) in [6, 6.07) is 3.71. The summed E-state index contributed by atoms with van der Waals surface area (Å²) in [4.78, 5) is 0. The highest BCUT2D eigenvalue weighted by molar-refractivity contribution is 5.40. The van der Waals surface area contributed by atoms with Gasteiger partial charge in [-0.25, -0.2) is 4.39 Å². The first-order valence-corrected chi connectivity index (χ1v) is 12.4. The summed E-state index contributed by atoms with van der Waals surface area (Å²) in [6.07, 6.45) is -19.5. The molecule has 2 rings (SSSR count). The van der Waals surface area contributed by atoms with E-state index in [1.165, 1.54) is 40.9 Å². The molecule has 0 heterocycles. The number of aliphatic hydroxyl groups is 1. The topological polar surface area (TPSA) is 29.5 Å². The van der Waals surface area contributed by atoms with Gasteiger partial charge in [0.2, 0.25) is 0 Å². The van der Waals surface area contributed by atoms with E-state index in [0.29, 0.717) is 12.1 Å². The zero-order valence-electron chi connectivity index (χ0n) is 22.6. The third kappa shape index (κ3) is 8.27. The molecule has 0 spiro atoms. The Morgan fingerprint density at radius 2 is 1.35 bits per heavy atom. The summed E-state index contributed by atoms with van der Waals surface area (Å²) in [5.41, 5.74) is -8.58. The van der Waals surface area contributed by atoms with Crippen LogP contribution < -0.4 is 4.74 Å².